The van der Waals surface area contributed by atoms with E-state index in [0.29, 0.717) is 16.3 Å². The molecule has 0 aliphatic carbocycles. The zero-order chi connectivity index (χ0) is 14.0. The third-order valence-corrected chi connectivity index (χ3v) is 5.10. The second-order valence-corrected chi connectivity index (χ2v) is 6.39. The lowest BCUT2D eigenvalue weighted by Crippen LogP contribution is -2.43. The van der Waals surface area contributed by atoms with Crippen molar-refractivity contribution in [1.29, 1.82) is 0 Å². The van der Waals surface area contributed by atoms with Gasteiger partial charge in [-0.25, -0.2) is 0 Å². The molecule has 3 nitrogen and oxygen atoms in total. The molecule has 1 aromatic carbocycles. The van der Waals surface area contributed by atoms with Crippen LogP contribution in [0.1, 0.15) is 29.3 Å². The standard InChI is InChI=1S/C15H20BrNO2/c1-10-4-5-12(8-14(10)19-3)15(18)17-7-6-13(16)11(2)9-17/h4-5,8,11,13H,6-7,9H2,1-3H3. The first-order valence-corrected chi connectivity index (χ1v) is 7.52. The number of halogens is 1. The van der Waals surface area contributed by atoms with Crippen LogP contribution in [0.2, 0.25) is 0 Å². The number of hydrogen-bond donors (Lipinski definition) is 0. The van der Waals surface area contributed by atoms with Crippen molar-refractivity contribution in [1.82, 2.24) is 4.90 Å². The van der Waals surface area contributed by atoms with Crippen LogP contribution in [0.15, 0.2) is 18.2 Å². The SMILES string of the molecule is COc1cc(C(=O)N2CCC(Br)C(C)C2)ccc1C. The Morgan fingerprint density at radius 1 is 1.47 bits per heavy atom. The Hall–Kier alpha value is -1.03. The Bertz CT molecular complexity index is 475. The Balaban J connectivity index is 2.15. The lowest BCUT2D eigenvalue weighted by atomic mass is 9.99. The molecule has 2 unspecified atom stereocenters. The second kappa shape index (κ2) is 5.95. The summed E-state index contributed by atoms with van der Waals surface area (Å²) in [5, 5.41) is 0. The van der Waals surface area contributed by atoms with Gasteiger partial charge in [-0.2, -0.15) is 0 Å². The molecule has 0 aromatic heterocycles. The van der Waals surface area contributed by atoms with E-state index in [2.05, 4.69) is 22.9 Å². The summed E-state index contributed by atoms with van der Waals surface area (Å²) in [6.45, 7) is 5.78. The summed E-state index contributed by atoms with van der Waals surface area (Å²) < 4.78 is 5.28. The van der Waals surface area contributed by atoms with Crippen molar-refractivity contribution in [2.75, 3.05) is 20.2 Å². The van der Waals surface area contributed by atoms with Crippen LogP contribution in [0.3, 0.4) is 0 Å². The monoisotopic (exact) mass is 325 g/mol. The van der Waals surface area contributed by atoms with Gasteiger partial charge < -0.3 is 9.64 Å². The molecule has 1 aromatic rings. The second-order valence-electron chi connectivity index (χ2n) is 5.22. The van der Waals surface area contributed by atoms with E-state index in [9.17, 15) is 4.79 Å². The molecule has 2 atom stereocenters. The van der Waals surface area contributed by atoms with E-state index in [1.807, 2.05) is 30.0 Å². The summed E-state index contributed by atoms with van der Waals surface area (Å²) >= 11 is 3.66. The van der Waals surface area contributed by atoms with Gasteiger partial charge in [-0.3, -0.25) is 4.79 Å². The Morgan fingerprint density at radius 3 is 2.84 bits per heavy atom. The largest absolute Gasteiger partial charge is 0.496 e. The van der Waals surface area contributed by atoms with Gasteiger partial charge in [0, 0.05) is 23.5 Å². The van der Waals surface area contributed by atoms with Gasteiger partial charge in [0.2, 0.25) is 0 Å². The zero-order valence-electron chi connectivity index (χ0n) is 11.6. The van der Waals surface area contributed by atoms with Crippen LogP contribution < -0.4 is 4.74 Å². The normalized spacial score (nSPS) is 23.3. The van der Waals surface area contributed by atoms with E-state index in [0.717, 1.165) is 30.8 Å². The molecule has 4 heteroatoms. The fourth-order valence-corrected chi connectivity index (χ4v) is 2.81. The average molecular weight is 326 g/mol. The highest BCUT2D eigenvalue weighted by molar-refractivity contribution is 9.09. The summed E-state index contributed by atoms with van der Waals surface area (Å²) in [4.78, 5) is 14.9. The molecule has 1 heterocycles. The first-order valence-electron chi connectivity index (χ1n) is 6.61. The summed E-state index contributed by atoms with van der Waals surface area (Å²) in [7, 11) is 1.63. The van der Waals surface area contributed by atoms with Gasteiger partial charge in [0.15, 0.2) is 0 Å². The van der Waals surface area contributed by atoms with Crippen LogP contribution in [0, 0.1) is 12.8 Å². The van der Waals surface area contributed by atoms with E-state index in [1.54, 1.807) is 7.11 Å². The molecule has 0 bridgehead atoms. The van der Waals surface area contributed by atoms with Crippen molar-refractivity contribution >= 4 is 21.8 Å². The number of carbonyl (C=O) groups is 1. The first kappa shape index (κ1) is 14.4. The van der Waals surface area contributed by atoms with Crippen molar-refractivity contribution < 1.29 is 9.53 Å². The summed E-state index contributed by atoms with van der Waals surface area (Å²) in [6, 6.07) is 5.65. The number of piperidine rings is 1. The lowest BCUT2D eigenvalue weighted by Gasteiger charge is -2.34. The van der Waals surface area contributed by atoms with Crippen LogP contribution in [0.5, 0.6) is 5.75 Å². The van der Waals surface area contributed by atoms with Crippen molar-refractivity contribution in [2.45, 2.75) is 25.1 Å². The highest BCUT2D eigenvalue weighted by atomic mass is 79.9. The van der Waals surface area contributed by atoms with Crippen LogP contribution in [-0.4, -0.2) is 35.8 Å². The van der Waals surface area contributed by atoms with Crippen molar-refractivity contribution in [3.05, 3.63) is 29.3 Å². The Kier molecular flexibility index (Phi) is 4.50. The molecule has 2 rings (SSSR count). The molecular formula is C15H20BrNO2. The summed E-state index contributed by atoms with van der Waals surface area (Å²) in [5.41, 5.74) is 1.76. The van der Waals surface area contributed by atoms with Gasteiger partial charge in [0.05, 0.1) is 7.11 Å². The number of likely N-dealkylation sites (tertiary alicyclic amines) is 1. The third kappa shape index (κ3) is 3.11. The molecular weight excluding hydrogens is 306 g/mol. The molecule has 0 saturated carbocycles. The smallest absolute Gasteiger partial charge is 0.253 e. The molecule has 1 fully saturated rings. The molecule has 1 amide bonds. The summed E-state index contributed by atoms with van der Waals surface area (Å²) in [6.07, 6.45) is 1.01. The van der Waals surface area contributed by atoms with Crippen LogP contribution in [0.25, 0.3) is 0 Å². The van der Waals surface area contributed by atoms with E-state index in [1.165, 1.54) is 0 Å². The Morgan fingerprint density at radius 2 is 2.21 bits per heavy atom. The fraction of sp³-hybridized carbons (Fsp3) is 0.533. The number of aryl methyl sites for hydroxylation is 1. The third-order valence-electron chi connectivity index (χ3n) is 3.74. The Labute approximate surface area is 123 Å². The van der Waals surface area contributed by atoms with Crippen LogP contribution >= 0.6 is 15.9 Å². The molecule has 104 valence electrons. The first-order chi connectivity index (χ1) is 9.02. The maximum atomic E-state index is 12.5. The van der Waals surface area contributed by atoms with Gasteiger partial charge in [-0.05, 0) is 37.0 Å². The number of amides is 1. The minimum atomic E-state index is 0.101. The molecule has 0 spiro atoms. The molecule has 19 heavy (non-hydrogen) atoms. The number of benzene rings is 1. The van der Waals surface area contributed by atoms with Crippen molar-refractivity contribution in [2.24, 2.45) is 5.92 Å². The van der Waals surface area contributed by atoms with Gasteiger partial charge in [0.25, 0.3) is 5.91 Å². The number of hydrogen-bond acceptors (Lipinski definition) is 2. The minimum absolute atomic E-state index is 0.101. The van der Waals surface area contributed by atoms with Crippen molar-refractivity contribution in [3.63, 3.8) is 0 Å². The maximum absolute atomic E-state index is 12.5. The van der Waals surface area contributed by atoms with Gasteiger partial charge in [-0.15, -0.1) is 0 Å². The van der Waals surface area contributed by atoms with Gasteiger partial charge in [0.1, 0.15) is 5.75 Å². The lowest BCUT2D eigenvalue weighted by molar-refractivity contribution is 0.0690. The van der Waals surface area contributed by atoms with E-state index in [-0.39, 0.29) is 5.91 Å². The number of ether oxygens (including phenoxy) is 1. The minimum Gasteiger partial charge on any atom is -0.496 e. The quantitative estimate of drug-likeness (QED) is 0.781. The topological polar surface area (TPSA) is 29.5 Å². The van der Waals surface area contributed by atoms with E-state index >= 15 is 0 Å². The number of alkyl halides is 1. The maximum Gasteiger partial charge on any atom is 0.253 e. The van der Waals surface area contributed by atoms with E-state index in [4.69, 9.17) is 4.74 Å². The average Bonchev–Trinajstić information content (AvgIpc) is 2.41. The molecule has 0 N–H and O–H groups in total. The predicted molar refractivity (Wildman–Crippen MR) is 80.1 cm³/mol. The van der Waals surface area contributed by atoms with E-state index < -0.39 is 0 Å². The number of nitrogens with zero attached hydrogens (tertiary/aromatic N) is 1. The molecule has 0 radical (unpaired) electrons. The summed E-state index contributed by atoms with van der Waals surface area (Å²) in [5.74, 6) is 1.36. The zero-order valence-corrected chi connectivity index (χ0v) is 13.2. The molecule has 1 saturated heterocycles. The van der Waals surface area contributed by atoms with Crippen LogP contribution in [0.4, 0.5) is 0 Å². The van der Waals surface area contributed by atoms with Gasteiger partial charge >= 0.3 is 0 Å². The van der Waals surface area contributed by atoms with Crippen molar-refractivity contribution in [3.8, 4) is 5.75 Å². The molecule has 1 aliphatic rings. The van der Waals surface area contributed by atoms with Gasteiger partial charge in [-0.1, -0.05) is 28.9 Å². The fourth-order valence-electron chi connectivity index (χ4n) is 2.44. The van der Waals surface area contributed by atoms with Crippen LogP contribution in [-0.2, 0) is 0 Å². The number of carbonyl (C=O) groups excluding carboxylic acids is 1. The number of methoxy groups -OCH3 is 1. The highest BCUT2D eigenvalue weighted by Gasteiger charge is 2.27. The highest BCUT2D eigenvalue weighted by Crippen LogP contribution is 2.26. The molecule has 1 aliphatic heterocycles. The number of rotatable bonds is 2. The predicted octanol–water partition coefficient (Wildman–Crippen LogP) is 3.25.